The summed E-state index contributed by atoms with van der Waals surface area (Å²) in [5, 5.41) is 3.32. The van der Waals surface area contributed by atoms with Gasteiger partial charge < -0.3 is 10.1 Å². The van der Waals surface area contributed by atoms with Crippen LogP contribution in [0, 0.1) is 0 Å². The molecule has 2 rings (SSSR count). The number of carbonyl (C=O) groups excluding carboxylic acids is 1. The first-order valence-electron chi connectivity index (χ1n) is 6.74. The molecule has 0 saturated heterocycles. The van der Waals surface area contributed by atoms with Crippen LogP contribution in [0.25, 0.3) is 0 Å². The van der Waals surface area contributed by atoms with Crippen molar-refractivity contribution in [2.75, 3.05) is 5.32 Å². The molecule has 0 fully saturated rings. The van der Waals surface area contributed by atoms with Gasteiger partial charge in [-0.1, -0.05) is 30.3 Å². The fraction of sp³-hybridized carbons (Fsp3) is 0.235. The number of nitrogens with one attached hydrogen (secondary N) is 1. The summed E-state index contributed by atoms with van der Waals surface area (Å²) in [5.74, 6) is -0.283. The van der Waals surface area contributed by atoms with E-state index >= 15 is 0 Å². The van der Waals surface area contributed by atoms with E-state index in [1.54, 1.807) is 12.1 Å². The van der Waals surface area contributed by atoms with Gasteiger partial charge in [0.15, 0.2) is 0 Å². The molecule has 20 heavy (non-hydrogen) atoms. The summed E-state index contributed by atoms with van der Waals surface area (Å²) in [4.78, 5) is 11.7. The summed E-state index contributed by atoms with van der Waals surface area (Å²) in [5.41, 5.74) is 2.77. The van der Waals surface area contributed by atoms with E-state index in [9.17, 15) is 4.79 Å². The Morgan fingerprint density at radius 2 is 1.70 bits per heavy atom. The summed E-state index contributed by atoms with van der Waals surface area (Å²) < 4.78 is 5.15. The SMILES string of the molecule is CC(C)OC(=O)c1ccc(NCc2ccccc2)cc1. The molecule has 0 bridgehead atoms. The minimum atomic E-state index is -0.283. The van der Waals surface area contributed by atoms with Gasteiger partial charge in [-0.2, -0.15) is 0 Å². The second kappa shape index (κ2) is 6.75. The molecule has 0 aromatic heterocycles. The van der Waals surface area contributed by atoms with Crippen LogP contribution in [-0.4, -0.2) is 12.1 Å². The largest absolute Gasteiger partial charge is 0.459 e. The van der Waals surface area contributed by atoms with Crippen LogP contribution < -0.4 is 5.32 Å². The van der Waals surface area contributed by atoms with Crippen molar-refractivity contribution >= 4 is 11.7 Å². The zero-order valence-corrected chi connectivity index (χ0v) is 11.8. The Morgan fingerprint density at radius 3 is 2.30 bits per heavy atom. The van der Waals surface area contributed by atoms with Crippen molar-refractivity contribution in [3.05, 3.63) is 65.7 Å². The van der Waals surface area contributed by atoms with Crippen molar-refractivity contribution in [1.29, 1.82) is 0 Å². The van der Waals surface area contributed by atoms with Crippen LogP contribution in [0.4, 0.5) is 5.69 Å². The normalized spacial score (nSPS) is 10.3. The lowest BCUT2D eigenvalue weighted by atomic mass is 10.2. The van der Waals surface area contributed by atoms with E-state index in [1.807, 2.05) is 44.2 Å². The second-order valence-electron chi connectivity index (χ2n) is 4.87. The zero-order valence-electron chi connectivity index (χ0n) is 11.8. The predicted octanol–water partition coefficient (Wildman–Crippen LogP) is 3.86. The molecule has 0 saturated carbocycles. The quantitative estimate of drug-likeness (QED) is 0.837. The molecule has 0 aliphatic carbocycles. The van der Waals surface area contributed by atoms with E-state index in [4.69, 9.17) is 4.74 Å². The average molecular weight is 269 g/mol. The van der Waals surface area contributed by atoms with Crippen molar-refractivity contribution in [3.8, 4) is 0 Å². The minimum absolute atomic E-state index is 0.0987. The van der Waals surface area contributed by atoms with Crippen LogP contribution in [0.2, 0.25) is 0 Å². The minimum Gasteiger partial charge on any atom is -0.459 e. The molecule has 1 N–H and O–H groups in total. The number of ether oxygens (including phenoxy) is 1. The third-order valence-corrected chi connectivity index (χ3v) is 2.80. The lowest BCUT2D eigenvalue weighted by molar-refractivity contribution is 0.0378. The smallest absolute Gasteiger partial charge is 0.338 e. The second-order valence-corrected chi connectivity index (χ2v) is 4.87. The summed E-state index contributed by atoms with van der Waals surface area (Å²) in [6.45, 7) is 4.44. The summed E-state index contributed by atoms with van der Waals surface area (Å²) in [7, 11) is 0. The number of carbonyl (C=O) groups is 1. The first-order chi connectivity index (χ1) is 9.65. The molecule has 0 aliphatic rings. The van der Waals surface area contributed by atoms with Crippen LogP contribution in [0.5, 0.6) is 0 Å². The molecule has 2 aromatic rings. The summed E-state index contributed by atoms with van der Waals surface area (Å²) in [6.07, 6.45) is -0.0987. The highest BCUT2D eigenvalue weighted by molar-refractivity contribution is 5.89. The molecule has 0 unspecified atom stereocenters. The van der Waals surface area contributed by atoms with E-state index in [0.29, 0.717) is 5.56 Å². The third-order valence-electron chi connectivity index (χ3n) is 2.80. The number of hydrogen-bond donors (Lipinski definition) is 1. The number of esters is 1. The monoisotopic (exact) mass is 269 g/mol. The van der Waals surface area contributed by atoms with Gasteiger partial charge in [-0.05, 0) is 43.7 Å². The van der Waals surface area contributed by atoms with E-state index in [-0.39, 0.29) is 12.1 Å². The number of anilines is 1. The Morgan fingerprint density at radius 1 is 1.05 bits per heavy atom. The average Bonchev–Trinajstić information content (AvgIpc) is 2.46. The number of hydrogen-bond acceptors (Lipinski definition) is 3. The molecule has 3 heteroatoms. The van der Waals surface area contributed by atoms with Crippen LogP contribution >= 0.6 is 0 Å². The first-order valence-corrected chi connectivity index (χ1v) is 6.74. The Kier molecular flexibility index (Phi) is 4.77. The van der Waals surface area contributed by atoms with Gasteiger partial charge in [0.2, 0.25) is 0 Å². The maximum atomic E-state index is 11.7. The third kappa shape index (κ3) is 4.12. The van der Waals surface area contributed by atoms with E-state index in [2.05, 4.69) is 17.4 Å². The molecule has 0 aliphatic heterocycles. The Labute approximate surface area is 119 Å². The maximum absolute atomic E-state index is 11.7. The zero-order chi connectivity index (χ0) is 14.4. The van der Waals surface area contributed by atoms with E-state index in [1.165, 1.54) is 5.56 Å². The highest BCUT2D eigenvalue weighted by atomic mass is 16.5. The van der Waals surface area contributed by atoms with Gasteiger partial charge in [0, 0.05) is 12.2 Å². The number of benzene rings is 2. The molecule has 0 spiro atoms. The lowest BCUT2D eigenvalue weighted by Crippen LogP contribution is -2.11. The van der Waals surface area contributed by atoms with Gasteiger partial charge in [-0.3, -0.25) is 0 Å². The molecular weight excluding hydrogens is 250 g/mol. The lowest BCUT2D eigenvalue weighted by Gasteiger charge is -2.09. The van der Waals surface area contributed by atoms with E-state index in [0.717, 1.165) is 12.2 Å². The predicted molar refractivity (Wildman–Crippen MR) is 80.8 cm³/mol. The van der Waals surface area contributed by atoms with Crippen LogP contribution in [0.15, 0.2) is 54.6 Å². The van der Waals surface area contributed by atoms with Gasteiger partial charge in [-0.25, -0.2) is 4.79 Å². The maximum Gasteiger partial charge on any atom is 0.338 e. The fourth-order valence-corrected chi connectivity index (χ4v) is 1.81. The van der Waals surface area contributed by atoms with Gasteiger partial charge in [-0.15, -0.1) is 0 Å². The van der Waals surface area contributed by atoms with Gasteiger partial charge in [0.1, 0.15) is 0 Å². The van der Waals surface area contributed by atoms with Crippen molar-refractivity contribution in [2.45, 2.75) is 26.5 Å². The molecule has 0 amide bonds. The first kappa shape index (κ1) is 14.1. The fourth-order valence-electron chi connectivity index (χ4n) is 1.81. The summed E-state index contributed by atoms with van der Waals surface area (Å²) >= 11 is 0. The molecule has 104 valence electrons. The van der Waals surface area contributed by atoms with E-state index < -0.39 is 0 Å². The summed E-state index contributed by atoms with van der Waals surface area (Å²) in [6, 6.07) is 17.5. The molecule has 2 aromatic carbocycles. The Hall–Kier alpha value is -2.29. The molecule has 0 heterocycles. The van der Waals surface area contributed by atoms with Gasteiger partial charge in [0.25, 0.3) is 0 Å². The Balaban J connectivity index is 1.93. The molecule has 0 atom stereocenters. The van der Waals surface area contributed by atoms with Crippen LogP contribution in [-0.2, 0) is 11.3 Å². The highest BCUT2D eigenvalue weighted by Crippen LogP contribution is 2.12. The van der Waals surface area contributed by atoms with Crippen molar-refractivity contribution in [3.63, 3.8) is 0 Å². The molecule has 3 nitrogen and oxygen atoms in total. The molecular formula is C17H19NO2. The van der Waals surface area contributed by atoms with Crippen molar-refractivity contribution in [1.82, 2.24) is 0 Å². The number of rotatable bonds is 5. The highest BCUT2D eigenvalue weighted by Gasteiger charge is 2.08. The van der Waals surface area contributed by atoms with Gasteiger partial charge in [0.05, 0.1) is 11.7 Å². The van der Waals surface area contributed by atoms with Crippen molar-refractivity contribution in [2.24, 2.45) is 0 Å². The molecule has 0 radical (unpaired) electrons. The van der Waals surface area contributed by atoms with Gasteiger partial charge >= 0.3 is 5.97 Å². The van der Waals surface area contributed by atoms with Crippen LogP contribution in [0.3, 0.4) is 0 Å². The van der Waals surface area contributed by atoms with Crippen LogP contribution in [0.1, 0.15) is 29.8 Å². The topological polar surface area (TPSA) is 38.3 Å². The Bertz CT molecular complexity index is 547. The standard InChI is InChI=1S/C17H19NO2/c1-13(2)20-17(19)15-8-10-16(11-9-15)18-12-14-6-4-3-5-7-14/h3-11,13,18H,12H2,1-2H3. The van der Waals surface area contributed by atoms with Crippen molar-refractivity contribution < 1.29 is 9.53 Å².